The molecule has 0 aromatic heterocycles. The molecule has 2 aromatic carbocycles. The van der Waals surface area contributed by atoms with E-state index in [2.05, 4.69) is 17.7 Å². The van der Waals surface area contributed by atoms with Crippen LogP contribution in [0.2, 0.25) is 0 Å². The molecule has 0 aliphatic heterocycles. The van der Waals surface area contributed by atoms with Crippen LogP contribution in [0, 0.1) is 12.3 Å². The number of nitrogen functional groups attached to an aromatic ring is 2. The van der Waals surface area contributed by atoms with Gasteiger partial charge in [0.1, 0.15) is 0 Å². The normalized spacial score (nSPS) is 12.1. The number of nitrogens with one attached hydrogen (secondary N) is 1. The summed E-state index contributed by atoms with van der Waals surface area (Å²) in [6.45, 7) is 2.01. The van der Waals surface area contributed by atoms with Crippen LogP contribution in [0.25, 0.3) is 5.57 Å². The van der Waals surface area contributed by atoms with E-state index in [0.717, 1.165) is 39.2 Å². The van der Waals surface area contributed by atoms with Gasteiger partial charge in [0.2, 0.25) is 0 Å². The molecule has 0 unspecified atom stereocenters. The molecule has 0 spiro atoms. The lowest BCUT2D eigenvalue weighted by molar-refractivity contribution is 1.43. The Morgan fingerprint density at radius 1 is 0.846 bits per heavy atom. The summed E-state index contributed by atoms with van der Waals surface area (Å²) < 4.78 is 0. The largest absolute Gasteiger partial charge is 0.399 e. The van der Waals surface area contributed by atoms with Gasteiger partial charge in [0.25, 0.3) is 0 Å². The highest BCUT2D eigenvalue weighted by Gasteiger charge is 2.11. The molecule has 0 amide bonds. The summed E-state index contributed by atoms with van der Waals surface area (Å²) in [6, 6.07) is 13.9. The van der Waals surface area contributed by atoms with Gasteiger partial charge in [0, 0.05) is 17.8 Å². The van der Waals surface area contributed by atoms with Gasteiger partial charge in [-0.15, -0.1) is 24.0 Å². The summed E-state index contributed by atoms with van der Waals surface area (Å²) in [5.74, 6) is 0. The molecule has 2 aromatic rings. The van der Waals surface area contributed by atoms with E-state index in [9.17, 15) is 0 Å². The Labute approximate surface area is 166 Å². The van der Waals surface area contributed by atoms with Crippen LogP contribution in [0.3, 0.4) is 0 Å². The van der Waals surface area contributed by atoms with E-state index in [-0.39, 0.29) is 12.4 Å². The number of alkyl halides is 1. The van der Waals surface area contributed by atoms with Crippen molar-refractivity contribution in [3.05, 3.63) is 89.0 Å². The number of hydrogen-bond donors (Lipinski definition) is 3. The molecule has 26 heavy (non-hydrogen) atoms. The van der Waals surface area contributed by atoms with Gasteiger partial charge < -0.3 is 16.9 Å². The van der Waals surface area contributed by atoms with Gasteiger partial charge in [-0.1, -0.05) is 30.4 Å². The topological polar surface area (TPSA) is 75.9 Å². The minimum absolute atomic E-state index is 0. The maximum Gasteiger partial charge on any atom is 0.0540 e. The molecule has 0 radical (unpaired) electrons. The van der Waals surface area contributed by atoms with Crippen molar-refractivity contribution in [1.82, 2.24) is 0 Å². The predicted octanol–water partition coefficient (Wildman–Crippen LogP) is 5.38. The SMILES string of the molecule is CCl.Cc1cc(C(=C2C=CC(=N)C=C2)c2ccc(N)cc2)ccc1N.Cl. The number of aryl methyl sites for hydroxylation is 1. The first-order chi connectivity index (χ1) is 12.0. The minimum atomic E-state index is 0. The molecule has 0 saturated carbocycles. The van der Waals surface area contributed by atoms with Crippen LogP contribution in [0.15, 0.2) is 72.3 Å². The summed E-state index contributed by atoms with van der Waals surface area (Å²) >= 11 is 4.64. The lowest BCUT2D eigenvalue weighted by Crippen LogP contribution is -1.99. The first-order valence-electron chi connectivity index (χ1n) is 7.84. The van der Waals surface area contributed by atoms with Crippen LogP contribution < -0.4 is 11.5 Å². The highest BCUT2D eigenvalue weighted by molar-refractivity contribution is 6.15. The van der Waals surface area contributed by atoms with Crippen LogP contribution in [0.4, 0.5) is 11.4 Å². The fourth-order valence-corrected chi connectivity index (χ4v) is 2.62. The molecule has 5 N–H and O–H groups in total. The Bertz CT molecular complexity index is 845. The van der Waals surface area contributed by atoms with Crippen molar-refractivity contribution >= 4 is 46.7 Å². The molecule has 0 saturated heterocycles. The molecule has 1 aliphatic carbocycles. The average molecular weight is 388 g/mol. The molecule has 5 heteroatoms. The smallest absolute Gasteiger partial charge is 0.0540 e. The summed E-state index contributed by atoms with van der Waals surface area (Å²) in [7, 11) is 0. The van der Waals surface area contributed by atoms with Crippen molar-refractivity contribution in [2.24, 2.45) is 0 Å². The van der Waals surface area contributed by atoms with Crippen molar-refractivity contribution in [2.75, 3.05) is 17.9 Å². The van der Waals surface area contributed by atoms with Crippen molar-refractivity contribution in [2.45, 2.75) is 6.92 Å². The molecule has 3 rings (SSSR count). The zero-order valence-corrected chi connectivity index (χ0v) is 16.4. The number of nitrogens with two attached hydrogens (primary N) is 2. The average Bonchev–Trinajstić information content (AvgIpc) is 2.63. The third-order valence-corrected chi connectivity index (χ3v) is 3.93. The second-order valence-electron chi connectivity index (χ2n) is 5.65. The van der Waals surface area contributed by atoms with Gasteiger partial charge >= 0.3 is 0 Å². The summed E-state index contributed by atoms with van der Waals surface area (Å²) in [4.78, 5) is 0. The number of rotatable bonds is 2. The van der Waals surface area contributed by atoms with E-state index >= 15 is 0 Å². The lowest BCUT2D eigenvalue weighted by Gasteiger charge is -2.15. The lowest BCUT2D eigenvalue weighted by atomic mass is 9.90. The van der Waals surface area contributed by atoms with Gasteiger partial charge in [0.05, 0.1) is 5.71 Å². The van der Waals surface area contributed by atoms with Crippen LogP contribution in [0.1, 0.15) is 16.7 Å². The summed E-state index contributed by atoms with van der Waals surface area (Å²) in [5, 5.41) is 7.69. The zero-order chi connectivity index (χ0) is 18.4. The Hall–Kier alpha value is -2.49. The Balaban J connectivity index is 0.00000109. The van der Waals surface area contributed by atoms with Gasteiger partial charge in [0.15, 0.2) is 0 Å². The summed E-state index contributed by atoms with van der Waals surface area (Å²) in [5.41, 5.74) is 19.2. The first kappa shape index (κ1) is 21.6. The van der Waals surface area contributed by atoms with Gasteiger partial charge in [-0.3, -0.25) is 0 Å². The summed E-state index contributed by atoms with van der Waals surface area (Å²) in [6.07, 6.45) is 9.02. The predicted molar refractivity (Wildman–Crippen MR) is 117 cm³/mol. The van der Waals surface area contributed by atoms with Gasteiger partial charge in [-0.05, 0) is 71.2 Å². The Morgan fingerprint density at radius 2 is 1.38 bits per heavy atom. The van der Waals surface area contributed by atoms with E-state index < -0.39 is 0 Å². The van der Waals surface area contributed by atoms with Crippen LogP contribution in [-0.2, 0) is 0 Å². The van der Waals surface area contributed by atoms with E-state index in [1.807, 2.05) is 55.5 Å². The highest BCUT2D eigenvalue weighted by Crippen LogP contribution is 2.31. The van der Waals surface area contributed by atoms with Crippen molar-refractivity contribution in [3.63, 3.8) is 0 Å². The molecule has 0 atom stereocenters. The van der Waals surface area contributed by atoms with Gasteiger partial charge in [-0.25, -0.2) is 0 Å². The molecule has 0 fully saturated rings. The van der Waals surface area contributed by atoms with E-state index in [4.69, 9.17) is 16.9 Å². The van der Waals surface area contributed by atoms with E-state index in [1.165, 1.54) is 6.38 Å². The second kappa shape index (κ2) is 9.85. The fourth-order valence-electron chi connectivity index (χ4n) is 2.62. The molecular weight excluding hydrogens is 365 g/mol. The highest BCUT2D eigenvalue weighted by atomic mass is 35.5. The number of hydrogen-bond acceptors (Lipinski definition) is 3. The molecule has 3 nitrogen and oxygen atoms in total. The maximum absolute atomic E-state index is 7.69. The maximum atomic E-state index is 7.69. The van der Waals surface area contributed by atoms with Crippen LogP contribution in [0.5, 0.6) is 0 Å². The first-order valence-corrected chi connectivity index (χ1v) is 8.59. The number of halogens is 2. The Morgan fingerprint density at radius 3 is 1.92 bits per heavy atom. The van der Waals surface area contributed by atoms with Crippen molar-refractivity contribution in [1.29, 1.82) is 5.41 Å². The zero-order valence-electron chi connectivity index (χ0n) is 14.8. The number of benzene rings is 2. The second-order valence-corrected chi connectivity index (χ2v) is 5.65. The van der Waals surface area contributed by atoms with Crippen LogP contribution >= 0.6 is 24.0 Å². The van der Waals surface area contributed by atoms with E-state index in [1.54, 1.807) is 12.2 Å². The molecule has 0 bridgehead atoms. The quantitative estimate of drug-likeness (QED) is 0.477. The number of allylic oxidation sites excluding steroid dienone is 5. The minimum Gasteiger partial charge on any atom is -0.399 e. The number of anilines is 2. The molecule has 0 heterocycles. The third kappa shape index (κ3) is 5.01. The van der Waals surface area contributed by atoms with Crippen LogP contribution in [-0.4, -0.2) is 12.1 Å². The van der Waals surface area contributed by atoms with Crippen molar-refractivity contribution in [3.8, 4) is 0 Å². The molecule has 1 aliphatic rings. The fraction of sp³-hybridized carbons (Fsp3) is 0.0952. The van der Waals surface area contributed by atoms with E-state index in [0.29, 0.717) is 5.71 Å². The standard InChI is InChI=1S/C20H19N3.CH3Cl.ClH/c1-13-12-16(6-11-19(13)23)20(14-2-7-17(21)8-3-14)15-4-9-18(22)10-5-15;1-2;/h2-12,21H,22-23H2,1H3;1H3;1H. The Kier molecular flexibility index (Phi) is 8.17. The van der Waals surface area contributed by atoms with Gasteiger partial charge in [-0.2, -0.15) is 0 Å². The molecular formula is C21H23Cl2N3. The third-order valence-electron chi connectivity index (χ3n) is 3.93. The van der Waals surface area contributed by atoms with Crippen molar-refractivity contribution < 1.29 is 0 Å². The monoisotopic (exact) mass is 387 g/mol. The molecule has 136 valence electrons.